The average molecular weight is 239 g/mol. The number of carbonyl (C=O) groups excluding carboxylic acids is 1. The minimum Gasteiger partial charge on any atom is -0.352 e. The van der Waals surface area contributed by atoms with Crippen LogP contribution in [0.15, 0.2) is 6.07 Å². The van der Waals surface area contributed by atoms with Gasteiger partial charge in [-0.1, -0.05) is 0 Å². The van der Waals surface area contributed by atoms with Crippen molar-refractivity contribution in [3.8, 4) is 0 Å². The second-order valence-corrected chi connectivity index (χ2v) is 4.16. The van der Waals surface area contributed by atoms with Gasteiger partial charge in [0.1, 0.15) is 0 Å². The molecule has 2 aromatic rings. The predicted molar refractivity (Wildman–Crippen MR) is 55.4 cm³/mol. The highest BCUT2D eigenvalue weighted by Crippen LogP contribution is 2.32. The van der Waals surface area contributed by atoms with Gasteiger partial charge < -0.3 is 4.98 Å². The number of rotatable bonds is 0. The molecule has 5 heteroatoms. The summed E-state index contributed by atoms with van der Waals surface area (Å²) < 4.78 is 39.9. The molecule has 2 nitrogen and oxygen atoms in total. The first-order valence-corrected chi connectivity index (χ1v) is 5.31. The van der Waals surface area contributed by atoms with Gasteiger partial charge in [0.05, 0.1) is 11.2 Å². The molecule has 1 N–H and O–H groups in total. The van der Waals surface area contributed by atoms with Crippen LogP contribution in [0.2, 0.25) is 0 Å². The maximum atomic E-state index is 13.7. The summed E-state index contributed by atoms with van der Waals surface area (Å²) in [6.45, 7) is 0. The molecule has 0 saturated heterocycles. The summed E-state index contributed by atoms with van der Waals surface area (Å²) in [6.07, 6.45) is 1.49. The Labute approximate surface area is 94.4 Å². The van der Waals surface area contributed by atoms with Crippen LogP contribution in [0.4, 0.5) is 13.2 Å². The first kappa shape index (κ1) is 10.4. The van der Waals surface area contributed by atoms with Crippen LogP contribution in [0.1, 0.15) is 28.9 Å². The van der Waals surface area contributed by atoms with E-state index < -0.39 is 17.5 Å². The summed E-state index contributed by atoms with van der Waals surface area (Å²) in [4.78, 5) is 14.3. The van der Waals surface area contributed by atoms with E-state index in [1.54, 1.807) is 0 Å². The molecule has 0 radical (unpaired) electrons. The second kappa shape index (κ2) is 3.35. The van der Waals surface area contributed by atoms with E-state index in [4.69, 9.17) is 0 Å². The van der Waals surface area contributed by atoms with Crippen molar-refractivity contribution in [1.29, 1.82) is 0 Å². The number of aryl methyl sites for hydroxylation is 1. The van der Waals surface area contributed by atoms with E-state index >= 15 is 0 Å². The number of hydrogen-bond donors (Lipinski definition) is 1. The van der Waals surface area contributed by atoms with E-state index in [1.165, 1.54) is 0 Å². The zero-order valence-corrected chi connectivity index (χ0v) is 8.74. The molecular formula is C12H8F3NO. The molecule has 1 aliphatic rings. The minimum atomic E-state index is -1.49. The molecule has 0 amide bonds. The third-order valence-corrected chi connectivity index (χ3v) is 3.13. The Hall–Kier alpha value is -1.78. The van der Waals surface area contributed by atoms with Crippen molar-refractivity contribution in [2.24, 2.45) is 0 Å². The number of fused-ring (bicyclic) bond motifs is 3. The number of aromatic amines is 1. The zero-order chi connectivity index (χ0) is 12.2. The fourth-order valence-corrected chi connectivity index (χ4v) is 2.36. The summed E-state index contributed by atoms with van der Waals surface area (Å²) in [5.41, 5.74) is 0.893. The summed E-state index contributed by atoms with van der Waals surface area (Å²) >= 11 is 0. The Morgan fingerprint density at radius 1 is 1.12 bits per heavy atom. The van der Waals surface area contributed by atoms with Crippen LogP contribution in [0, 0.1) is 17.5 Å². The molecule has 0 spiro atoms. The summed E-state index contributed by atoms with van der Waals surface area (Å²) in [5.74, 6) is -4.09. The quantitative estimate of drug-likeness (QED) is 0.704. The van der Waals surface area contributed by atoms with Gasteiger partial charge in [0.2, 0.25) is 0 Å². The molecule has 0 atom stereocenters. The van der Waals surface area contributed by atoms with Crippen molar-refractivity contribution < 1.29 is 18.0 Å². The van der Waals surface area contributed by atoms with Crippen molar-refractivity contribution in [2.45, 2.75) is 19.3 Å². The smallest absolute Gasteiger partial charge is 0.195 e. The van der Waals surface area contributed by atoms with Crippen molar-refractivity contribution in [3.05, 3.63) is 34.8 Å². The third-order valence-electron chi connectivity index (χ3n) is 3.13. The normalized spacial score (nSPS) is 15.4. The highest BCUT2D eigenvalue weighted by atomic mass is 19.2. The van der Waals surface area contributed by atoms with E-state index in [9.17, 15) is 18.0 Å². The fourth-order valence-electron chi connectivity index (χ4n) is 2.36. The molecule has 0 fully saturated rings. The Morgan fingerprint density at radius 3 is 2.65 bits per heavy atom. The molecule has 1 aliphatic carbocycles. The molecule has 17 heavy (non-hydrogen) atoms. The monoisotopic (exact) mass is 239 g/mol. The second-order valence-electron chi connectivity index (χ2n) is 4.16. The van der Waals surface area contributed by atoms with Gasteiger partial charge in [-0.2, -0.15) is 0 Å². The molecule has 1 heterocycles. The topological polar surface area (TPSA) is 32.9 Å². The van der Waals surface area contributed by atoms with E-state index in [0.717, 1.165) is 6.07 Å². The van der Waals surface area contributed by atoms with Crippen LogP contribution in [0.5, 0.6) is 0 Å². The molecule has 88 valence electrons. The predicted octanol–water partition coefficient (Wildman–Crippen LogP) is 3.10. The number of Topliss-reactive ketones (excluding diaryl/α,β-unsaturated/α-hetero) is 1. The molecule has 0 bridgehead atoms. The van der Waals surface area contributed by atoms with Crippen molar-refractivity contribution in [1.82, 2.24) is 4.98 Å². The minimum absolute atomic E-state index is 0.00644. The first-order valence-electron chi connectivity index (χ1n) is 5.31. The van der Waals surface area contributed by atoms with Gasteiger partial charge in [0.25, 0.3) is 0 Å². The fraction of sp³-hybridized carbons (Fsp3) is 0.250. The van der Waals surface area contributed by atoms with Crippen LogP contribution in [0.25, 0.3) is 10.9 Å². The van der Waals surface area contributed by atoms with Crippen LogP contribution < -0.4 is 0 Å². The molecular weight excluding hydrogens is 231 g/mol. The SMILES string of the molecule is O=C1CCCc2c1[nH]c1cc(F)c(F)c(F)c21. The number of hydrogen-bond acceptors (Lipinski definition) is 1. The Bertz CT molecular complexity index is 645. The standard InChI is InChI=1S/C12H8F3NO/c13-6-4-7-9(11(15)10(6)14)5-2-1-3-8(17)12(5)16-7/h4,16H,1-3H2. The Kier molecular flexibility index (Phi) is 2.05. The summed E-state index contributed by atoms with van der Waals surface area (Å²) in [7, 11) is 0. The summed E-state index contributed by atoms with van der Waals surface area (Å²) in [5, 5.41) is 0.00644. The molecule has 1 aromatic heterocycles. The molecule has 0 saturated carbocycles. The van der Waals surface area contributed by atoms with Gasteiger partial charge in [0, 0.05) is 17.9 Å². The lowest BCUT2D eigenvalue weighted by molar-refractivity contribution is 0.0968. The maximum Gasteiger partial charge on any atom is 0.195 e. The molecule has 1 aromatic carbocycles. The third kappa shape index (κ3) is 1.31. The largest absolute Gasteiger partial charge is 0.352 e. The number of ketones is 1. The summed E-state index contributed by atoms with van der Waals surface area (Å²) in [6, 6.07) is 0.888. The zero-order valence-electron chi connectivity index (χ0n) is 8.74. The van der Waals surface area contributed by atoms with Gasteiger partial charge >= 0.3 is 0 Å². The highest BCUT2D eigenvalue weighted by Gasteiger charge is 2.26. The molecule has 0 aliphatic heterocycles. The van der Waals surface area contributed by atoms with Gasteiger partial charge in [-0.15, -0.1) is 0 Å². The Balaban J connectivity index is 2.43. The van der Waals surface area contributed by atoms with Crippen molar-refractivity contribution in [2.75, 3.05) is 0 Å². The van der Waals surface area contributed by atoms with E-state index in [-0.39, 0.29) is 22.4 Å². The van der Waals surface area contributed by atoms with Crippen molar-refractivity contribution >= 4 is 16.7 Å². The van der Waals surface area contributed by atoms with E-state index in [2.05, 4.69) is 4.98 Å². The Morgan fingerprint density at radius 2 is 1.88 bits per heavy atom. The van der Waals surface area contributed by atoms with Crippen LogP contribution >= 0.6 is 0 Å². The van der Waals surface area contributed by atoms with E-state index in [1.807, 2.05) is 0 Å². The van der Waals surface area contributed by atoms with Gasteiger partial charge in [0.15, 0.2) is 23.2 Å². The number of H-pyrrole nitrogens is 1. The highest BCUT2D eigenvalue weighted by molar-refractivity contribution is 6.03. The first-order chi connectivity index (χ1) is 8.09. The van der Waals surface area contributed by atoms with E-state index in [0.29, 0.717) is 24.8 Å². The number of carbonyl (C=O) groups is 1. The van der Waals surface area contributed by atoms with Gasteiger partial charge in [-0.25, -0.2) is 13.2 Å². The lowest BCUT2D eigenvalue weighted by Crippen LogP contribution is -2.09. The number of halogens is 3. The van der Waals surface area contributed by atoms with Crippen LogP contribution in [-0.2, 0) is 6.42 Å². The van der Waals surface area contributed by atoms with Crippen molar-refractivity contribution in [3.63, 3.8) is 0 Å². The van der Waals surface area contributed by atoms with Gasteiger partial charge in [-0.05, 0) is 18.4 Å². The number of benzene rings is 1. The average Bonchev–Trinajstić information content (AvgIpc) is 2.66. The van der Waals surface area contributed by atoms with Crippen LogP contribution in [0.3, 0.4) is 0 Å². The van der Waals surface area contributed by atoms with Crippen LogP contribution in [-0.4, -0.2) is 10.8 Å². The molecule has 0 unspecified atom stereocenters. The van der Waals surface area contributed by atoms with Gasteiger partial charge in [-0.3, -0.25) is 4.79 Å². The number of aromatic nitrogens is 1. The molecule has 3 rings (SSSR count). The number of nitrogens with one attached hydrogen (secondary N) is 1. The maximum absolute atomic E-state index is 13.7. The lowest BCUT2D eigenvalue weighted by atomic mass is 9.94. The lowest BCUT2D eigenvalue weighted by Gasteiger charge is -2.09.